The number of hydrogen-bond acceptors (Lipinski definition) is 3. The Balaban J connectivity index is 1.37. The Morgan fingerprint density at radius 1 is 0.738 bits per heavy atom. The van der Waals surface area contributed by atoms with E-state index in [0.717, 1.165) is 46.6 Å². The third kappa shape index (κ3) is 4.11. The number of benzene rings is 5. The second-order valence-electron chi connectivity index (χ2n) is 10.9. The number of nitrogen functional groups attached to an aromatic ring is 1. The number of nitrogens with two attached hydrogens (primary N) is 1. The van der Waals surface area contributed by atoms with E-state index < -0.39 is 0 Å². The predicted octanol–water partition coefficient (Wildman–Crippen LogP) is 9.57. The molecule has 2 heterocycles. The Hall–Kier alpha value is -5.35. The van der Waals surface area contributed by atoms with Crippen molar-refractivity contribution in [2.45, 2.75) is 19.3 Å². The summed E-state index contributed by atoms with van der Waals surface area (Å²) in [5.74, 6) is 2.16. The van der Waals surface area contributed by atoms with Gasteiger partial charge in [0.2, 0.25) is 5.88 Å². The van der Waals surface area contributed by atoms with Crippen molar-refractivity contribution in [1.82, 2.24) is 4.57 Å². The van der Waals surface area contributed by atoms with Gasteiger partial charge in [0, 0.05) is 22.8 Å². The minimum absolute atomic E-state index is 0.479. The summed E-state index contributed by atoms with van der Waals surface area (Å²) >= 11 is 0. The van der Waals surface area contributed by atoms with Crippen molar-refractivity contribution in [3.05, 3.63) is 138 Å². The molecular weight excluding hydrogens is 514 g/mol. The van der Waals surface area contributed by atoms with Crippen molar-refractivity contribution in [2.75, 3.05) is 5.73 Å². The van der Waals surface area contributed by atoms with Gasteiger partial charge in [-0.3, -0.25) is 4.57 Å². The molecule has 1 aliphatic carbocycles. The van der Waals surface area contributed by atoms with Crippen LogP contribution in [0.4, 0.5) is 11.6 Å². The molecule has 2 N–H and O–H groups in total. The molecule has 2 aromatic heterocycles. The molecule has 0 amide bonds. The fraction of sp³-hybridized carbons (Fsp3) is 0.0789. The highest BCUT2D eigenvalue weighted by Gasteiger charge is 2.21. The number of allylic oxidation sites excluding steroid dienone is 1. The van der Waals surface area contributed by atoms with Crippen LogP contribution in [-0.2, 0) is 12.8 Å². The minimum atomic E-state index is 0.479. The summed E-state index contributed by atoms with van der Waals surface area (Å²) in [6.07, 6.45) is 6.57. The number of furan rings is 1. The van der Waals surface area contributed by atoms with Crippen molar-refractivity contribution in [2.24, 2.45) is 4.99 Å². The van der Waals surface area contributed by atoms with Gasteiger partial charge in [0.05, 0.1) is 11.0 Å². The van der Waals surface area contributed by atoms with Crippen LogP contribution in [0.2, 0.25) is 0 Å². The molecule has 0 aliphatic heterocycles. The highest BCUT2D eigenvalue weighted by atomic mass is 16.4. The topological polar surface area (TPSA) is 56.4 Å². The normalized spacial score (nSPS) is 13.3. The van der Waals surface area contributed by atoms with Crippen LogP contribution >= 0.6 is 0 Å². The highest BCUT2D eigenvalue weighted by Crippen LogP contribution is 2.38. The molecule has 0 spiro atoms. The van der Waals surface area contributed by atoms with Crippen LogP contribution in [0.5, 0.6) is 0 Å². The van der Waals surface area contributed by atoms with E-state index in [-0.39, 0.29) is 0 Å². The third-order valence-electron chi connectivity index (χ3n) is 8.31. The molecular formula is C38H29N3O. The molecule has 0 fully saturated rings. The van der Waals surface area contributed by atoms with E-state index in [1.165, 1.54) is 32.7 Å². The highest BCUT2D eigenvalue weighted by molar-refractivity contribution is 6.17. The molecule has 4 nitrogen and oxygen atoms in total. The summed E-state index contributed by atoms with van der Waals surface area (Å²) in [6.45, 7) is 0. The molecule has 1 aliphatic rings. The number of rotatable bonds is 4. The maximum atomic E-state index is 6.68. The van der Waals surface area contributed by atoms with Crippen molar-refractivity contribution in [3.63, 3.8) is 0 Å². The Morgan fingerprint density at radius 3 is 2.36 bits per heavy atom. The van der Waals surface area contributed by atoms with Gasteiger partial charge in [-0.05, 0) is 64.6 Å². The summed E-state index contributed by atoms with van der Waals surface area (Å²) < 4.78 is 8.57. The average molecular weight is 544 g/mol. The summed E-state index contributed by atoms with van der Waals surface area (Å²) in [7, 11) is 0. The van der Waals surface area contributed by atoms with Gasteiger partial charge in [-0.1, -0.05) is 103 Å². The summed E-state index contributed by atoms with van der Waals surface area (Å²) in [5, 5.41) is 4.80. The van der Waals surface area contributed by atoms with E-state index in [1.54, 1.807) is 0 Å². The molecule has 0 saturated heterocycles. The Labute approximate surface area is 244 Å². The number of nitrogens with zero attached hydrogens (tertiary/aromatic N) is 2. The number of aliphatic imine (C=N–C) groups is 1. The van der Waals surface area contributed by atoms with Gasteiger partial charge in [-0.2, -0.15) is 4.99 Å². The Bertz CT molecular complexity index is 2180. The molecule has 4 heteroatoms. The van der Waals surface area contributed by atoms with Gasteiger partial charge in [-0.25, -0.2) is 0 Å². The zero-order chi connectivity index (χ0) is 28.0. The van der Waals surface area contributed by atoms with Crippen molar-refractivity contribution >= 4 is 56.1 Å². The lowest BCUT2D eigenvalue weighted by Gasteiger charge is -2.13. The first-order valence-electron chi connectivity index (χ1n) is 14.4. The monoisotopic (exact) mass is 543 g/mol. The summed E-state index contributed by atoms with van der Waals surface area (Å²) in [6, 6.07) is 40.9. The van der Waals surface area contributed by atoms with Gasteiger partial charge in [0.1, 0.15) is 17.3 Å². The molecule has 7 aromatic rings. The van der Waals surface area contributed by atoms with E-state index in [4.69, 9.17) is 15.1 Å². The zero-order valence-corrected chi connectivity index (χ0v) is 23.1. The minimum Gasteiger partial charge on any atom is -0.437 e. The quantitative estimate of drug-likeness (QED) is 0.177. The van der Waals surface area contributed by atoms with Crippen LogP contribution in [0.25, 0.3) is 49.8 Å². The van der Waals surface area contributed by atoms with E-state index in [9.17, 15) is 0 Å². The van der Waals surface area contributed by atoms with Gasteiger partial charge in [0.15, 0.2) is 0 Å². The molecule has 0 atom stereocenters. The lowest BCUT2D eigenvalue weighted by molar-refractivity contribution is 0.561. The van der Waals surface area contributed by atoms with Gasteiger partial charge in [-0.15, -0.1) is 0 Å². The molecule has 0 radical (unpaired) electrons. The summed E-state index contributed by atoms with van der Waals surface area (Å²) in [5.41, 5.74) is 14.1. The smallest absolute Gasteiger partial charge is 0.244 e. The molecule has 0 bridgehead atoms. The number of fused-ring (bicyclic) bond motifs is 5. The Morgan fingerprint density at radius 2 is 1.50 bits per heavy atom. The van der Waals surface area contributed by atoms with E-state index in [0.29, 0.717) is 18.0 Å². The van der Waals surface area contributed by atoms with Gasteiger partial charge < -0.3 is 10.2 Å². The SMILES string of the molecule is Nc1c(/N=C(\Cc2cccc(-c3ccccc3)c2)n2c3ccccc3c3cc4ccccc4cc32)oc2c1CCC=C2. The fourth-order valence-corrected chi connectivity index (χ4v) is 6.27. The maximum Gasteiger partial charge on any atom is 0.244 e. The number of aromatic nitrogens is 1. The van der Waals surface area contributed by atoms with Crippen LogP contribution in [0.3, 0.4) is 0 Å². The van der Waals surface area contributed by atoms with E-state index in [1.807, 2.05) is 12.1 Å². The van der Waals surface area contributed by atoms with Crippen molar-refractivity contribution in [3.8, 4) is 11.1 Å². The van der Waals surface area contributed by atoms with Gasteiger partial charge in [0.25, 0.3) is 0 Å². The largest absolute Gasteiger partial charge is 0.437 e. The number of hydrogen-bond donors (Lipinski definition) is 1. The molecule has 5 aromatic carbocycles. The number of anilines is 1. The molecule has 202 valence electrons. The van der Waals surface area contributed by atoms with Crippen LogP contribution in [0.1, 0.15) is 23.3 Å². The van der Waals surface area contributed by atoms with Crippen LogP contribution < -0.4 is 5.73 Å². The fourth-order valence-electron chi connectivity index (χ4n) is 6.27. The van der Waals surface area contributed by atoms with E-state index in [2.05, 4.69) is 120 Å². The molecule has 42 heavy (non-hydrogen) atoms. The first kappa shape index (κ1) is 24.4. The first-order chi connectivity index (χ1) is 20.7. The second kappa shape index (κ2) is 9.93. The second-order valence-corrected chi connectivity index (χ2v) is 10.9. The van der Waals surface area contributed by atoms with Crippen LogP contribution in [-0.4, -0.2) is 10.4 Å². The molecule has 8 rings (SSSR count). The number of para-hydroxylation sites is 1. The van der Waals surface area contributed by atoms with E-state index >= 15 is 0 Å². The van der Waals surface area contributed by atoms with Crippen LogP contribution in [0, 0.1) is 0 Å². The average Bonchev–Trinajstić information content (AvgIpc) is 3.53. The zero-order valence-electron chi connectivity index (χ0n) is 23.1. The first-order valence-corrected chi connectivity index (χ1v) is 14.4. The van der Waals surface area contributed by atoms with Crippen LogP contribution in [0.15, 0.2) is 131 Å². The van der Waals surface area contributed by atoms with Crippen molar-refractivity contribution < 1.29 is 4.42 Å². The Kier molecular flexibility index (Phi) is 5.78. The standard InChI is InChI=1S/C38H29N3O/c39-37-31-18-7-9-20-35(31)42-38(37)40-36(22-25-11-10-16-27(21-25)26-12-2-1-3-13-26)41-33-19-8-6-17-30(33)32-23-28-14-4-5-15-29(28)24-34(32)41/h1-6,8-17,19-21,23-24H,7,18,22,39H2/b40-36+. The third-order valence-corrected chi connectivity index (χ3v) is 8.31. The maximum absolute atomic E-state index is 6.68. The lowest BCUT2D eigenvalue weighted by atomic mass is 10.0. The molecule has 0 saturated carbocycles. The lowest BCUT2D eigenvalue weighted by Crippen LogP contribution is -2.15. The molecule has 0 unspecified atom stereocenters. The van der Waals surface area contributed by atoms with Crippen molar-refractivity contribution in [1.29, 1.82) is 0 Å². The van der Waals surface area contributed by atoms with Gasteiger partial charge >= 0.3 is 0 Å². The summed E-state index contributed by atoms with van der Waals surface area (Å²) in [4.78, 5) is 5.24. The predicted molar refractivity (Wildman–Crippen MR) is 176 cm³/mol.